The van der Waals surface area contributed by atoms with E-state index >= 15 is 0 Å². The fourth-order valence-corrected chi connectivity index (χ4v) is 3.50. The number of carbonyl (C=O) groups excluding carboxylic acids is 1. The number of amides is 1. The molecule has 1 fully saturated rings. The standard InChI is InChI=1S/C22H37N5O2.HI/c1-4-23-22(24-12-8-15-27-14-6-5-9-18(27)2)25-13-16-29-21-11-7-10-20(17-21)26-19(3)28;/h7,10-11,17-18H,4-6,8-9,12-16H2,1-3H3,(H,26,28)(H2,23,24,25);1H. The monoisotopic (exact) mass is 531 g/mol. The Bertz CT molecular complexity index is 656. The first-order chi connectivity index (χ1) is 14.1. The van der Waals surface area contributed by atoms with Crippen LogP contribution in [0, 0.1) is 0 Å². The maximum Gasteiger partial charge on any atom is 0.221 e. The van der Waals surface area contributed by atoms with Crippen molar-refractivity contribution in [3.05, 3.63) is 24.3 Å². The van der Waals surface area contributed by atoms with Gasteiger partial charge in [-0.05, 0) is 51.8 Å². The molecule has 0 aromatic heterocycles. The van der Waals surface area contributed by atoms with Crippen LogP contribution in [0.15, 0.2) is 29.3 Å². The molecule has 1 aromatic rings. The van der Waals surface area contributed by atoms with Crippen LogP contribution in [0.4, 0.5) is 5.69 Å². The molecule has 0 bridgehead atoms. The van der Waals surface area contributed by atoms with E-state index in [-0.39, 0.29) is 29.9 Å². The summed E-state index contributed by atoms with van der Waals surface area (Å²) in [5, 5.41) is 9.36. The van der Waals surface area contributed by atoms with Gasteiger partial charge in [-0.1, -0.05) is 12.5 Å². The Labute approximate surface area is 198 Å². The summed E-state index contributed by atoms with van der Waals surface area (Å²) in [6.07, 6.45) is 5.09. The van der Waals surface area contributed by atoms with Gasteiger partial charge in [0, 0.05) is 44.4 Å². The molecule has 170 valence electrons. The second-order valence-corrected chi connectivity index (χ2v) is 7.48. The lowest BCUT2D eigenvalue weighted by Gasteiger charge is -2.33. The highest BCUT2D eigenvalue weighted by molar-refractivity contribution is 14.0. The SMILES string of the molecule is CCNC(=NCCCN1CCCCC1C)NCCOc1cccc(NC(C)=O)c1.I. The average Bonchev–Trinajstić information content (AvgIpc) is 2.69. The number of halogens is 1. The number of rotatable bonds is 10. The first-order valence-corrected chi connectivity index (χ1v) is 10.8. The fourth-order valence-electron chi connectivity index (χ4n) is 3.50. The van der Waals surface area contributed by atoms with Crippen LogP contribution in [-0.2, 0) is 4.79 Å². The Balaban J connectivity index is 0.00000450. The van der Waals surface area contributed by atoms with Crippen LogP contribution < -0.4 is 20.7 Å². The summed E-state index contributed by atoms with van der Waals surface area (Å²) in [5.74, 6) is 1.47. The van der Waals surface area contributed by atoms with E-state index in [1.807, 2.05) is 24.3 Å². The first-order valence-electron chi connectivity index (χ1n) is 10.8. The van der Waals surface area contributed by atoms with Crippen molar-refractivity contribution in [1.82, 2.24) is 15.5 Å². The molecule has 0 radical (unpaired) electrons. The summed E-state index contributed by atoms with van der Waals surface area (Å²) in [7, 11) is 0. The maximum atomic E-state index is 11.2. The van der Waals surface area contributed by atoms with Crippen molar-refractivity contribution in [3.8, 4) is 5.75 Å². The van der Waals surface area contributed by atoms with Gasteiger partial charge in [-0.3, -0.25) is 9.79 Å². The molecule has 1 aliphatic rings. The van der Waals surface area contributed by atoms with E-state index in [1.165, 1.54) is 32.7 Å². The molecule has 30 heavy (non-hydrogen) atoms. The van der Waals surface area contributed by atoms with Crippen molar-refractivity contribution in [2.24, 2.45) is 4.99 Å². The number of hydrogen-bond donors (Lipinski definition) is 3. The summed E-state index contributed by atoms with van der Waals surface area (Å²) >= 11 is 0. The van der Waals surface area contributed by atoms with Crippen LogP contribution in [0.2, 0.25) is 0 Å². The Hall–Kier alpha value is -1.55. The van der Waals surface area contributed by atoms with Crippen molar-refractivity contribution in [3.63, 3.8) is 0 Å². The number of benzene rings is 1. The second kappa shape index (κ2) is 15.3. The number of carbonyl (C=O) groups is 1. The Morgan fingerprint density at radius 3 is 2.87 bits per heavy atom. The normalized spacial score (nSPS) is 17.0. The highest BCUT2D eigenvalue weighted by atomic mass is 127. The first kappa shape index (κ1) is 26.5. The van der Waals surface area contributed by atoms with E-state index < -0.39 is 0 Å². The number of hydrogen-bond acceptors (Lipinski definition) is 4. The lowest BCUT2D eigenvalue weighted by Crippen LogP contribution is -2.40. The highest BCUT2D eigenvalue weighted by Gasteiger charge is 2.16. The predicted octanol–water partition coefficient (Wildman–Crippen LogP) is 3.46. The number of likely N-dealkylation sites (tertiary alicyclic amines) is 1. The average molecular weight is 531 g/mol. The predicted molar refractivity (Wildman–Crippen MR) is 135 cm³/mol. The molecule has 2 rings (SSSR count). The molecule has 1 aromatic carbocycles. The van der Waals surface area contributed by atoms with Crippen molar-refractivity contribution in [2.75, 3.05) is 44.6 Å². The molecule has 0 spiro atoms. The van der Waals surface area contributed by atoms with Gasteiger partial charge < -0.3 is 25.6 Å². The molecule has 1 saturated heterocycles. The molecular formula is C22H38IN5O2. The number of nitrogens with zero attached hydrogens (tertiary/aromatic N) is 2. The summed E-state index contributed by atoms with van der Waals surface area (Å²) in [6, 6.07) is 8.12. The molecule has 1 atom stereocenters. The molecule has 1 aliphatic heterocycles. The molecule has 0 saturated carbocycles. The Kier molecular flexibility index (Phi) is 13.5. The lowest BCUT2D eigenvalue weighted by atomic mass is 10.0. The van der Waals surface area contributed by atoms with Gasteiger partial charge >= 0.3 is 0 Å². The third-order valence-corrected chi connectivity index (χ3v) is 4.98. The van der Waals surface area contributed by atoms with Crippen LogP contribution in [0.1, 0.15) is 46.5 Å². The third kappa shape index (κ3) is 10.5. The molecule has 0 aliphatic carbocycles. The van der Waals surface area contributed by atoms with Crippen LogP contribution in [0.25, 0.3) is 0 Å². The molecule has 1 unspecified atom stereocenters. The molecule has 3 N–H and O–H groups in total. The minimum absolute atomic E-state index is 0. The smallest absolute Gasteiger partial charge is 0.221 e. The van der Waals surface area contributed by atoms with E-state index in [2.05, 4.69) is 39.7 Å². The molecule has 1 heterocycles. The Morgan fingerprint density at radius 2 is 2.13 bits per heavy atom. The molecular weight excluding hydrogens is 493 g/mol. The molecule has 1 amide bonds. The van der Waals surface area contributed by atoms with Gasteiger partial charge in [0.15, 0.2) is 5.96 Å². The van der Waals surface area contributed by atoms with Gasteiger partial charge in [0.05, 0.1) is 6.54 Å². The van der Waals surface area contributed by atoms with E-state index in [1.54, 1.807) is 0 Å². The summed E-state index contributed by atoms with van der Waals surface area (Å²) in [4.78, 5) is 18.4. The van der Waals surface area contributed by atoms with E-state index in [0.717, 1.165) is 43.5 Å². The number of anilines is 1. The highest BCUT2D eigenvalue weighted by Crippen LogP contribution is 2.17. The van der Waals surface area contributed by atoms with Crippen LogP contribution >= 0.6 is 24.0 Å². The summed E-state index contributed by atoms with van der Waals surface area (Å²) < 4.78 is 5.77. The van der Waals surface area contributed by atoms with E-state index in [9.17, 15) is 4.79 Å². The number of ether oxygens (including phenoxy) is 1. The van der Waals surface area contributed by atoms with Crippen LogP contribution in [0.3, 0.4) is 0 Å². The van der Waals surface area contributed by atoms with Gasteiger partial charge in [-0.25, -0.2) is 0 Å². The zero-order valence-corrected chi connectivity index (χ0v) is 20.9. The molecule has 7 nitrogen and oxygen atoms in total. The third-order valence-electron chi connectivity index (χ3n) is 4.98. The van der Waals surface area contributed by atoms with Crippen molar-refractivity contribution in [1.29, 1.82) is 0 Å². The number of guanidine groups is 1. The van der Waals surface area contributed by atoms with Crippen molar-refractivity contribution in [2.45, 2.75) is 52.5 Å². The van der Waals surface area contributed by atoms with Gasteiger partial charge in [0.1, 0.15) is 12.4 Å². The topological polar surface area (TPSA) is 78.0 Å². The van der Waals surface area contributed by atoms with Gasteiger partial charge in [-0.15, -0.1) is 24.0 Å². The minimum Gasteiger partial charge on any atom is -0.492 e. The van der Waals surface area contributed by atoms with E-state index in [4.69, 9.17) is 4.74 Å². The lowest BCUT2D eigenvalue weighted by molar-refractivity contribution is -0.114. The van der Waals surface area contributed by atoms with Crippen LogP contribution in [0.5, 0.6) is 5.75 Å². The summed E-state index contributed by atoms with van der Waals surface area (Å²) in [5.41, 5.74) is 0.737. The fraction of sp³-hybridized carbons (Fsp3) is 0.636. The van der Waals surface area contributed by atoms with Gasteiger partial charge in [-0.2, -0.15) is 0 Å². The Morgan fingerprint density at radius 1 is 1.30 bits per heavy atom. The van der Waals surface area contributed by atoms with E-state index in [0.29, 0.717) is 19.2 Å². The van der Waals surface area contributed by atoms with Crippen molar-refractivity contribution >= 4 is 41.5 Å². The zero-order chi connectivity index (χ0) is 20.9. The van der Waals surface area contributed by atoms with Gasteiger partial charge in [0.2, 0.25) is 5.91 Å². The van der Waals surface area contributed by atoms with Crippen LogP contribution in [-0.4, -0.2) is 62.1 Å². The van der Waals surface area contributed by atoms with Crippen molar-refractivity contribution < 1.29 is 9.53 Å². The number of piperidine rings is 1. The number of nitrogens with one attached hydrogen (secondary N) is 3. The second-order valence-electron chi connectivity index (χ2n) is 7.48. The van der Waals surface area contributed by atoms with Gasteiger partial charge in [0.25, 0.3) is 0 Å². The quantitative estimate of drug-likeness (QED) is 0.187. The zero-order valence-electron chi connectivity index (χ0n) is 18.6. The minimum atomic E-state index is -0.0925. The summed E-state index contributed by atoms with van der Waals surface area (Å²) in [6.45, 7) is 11.1. The maximum absolute atomic E-state index is 11.2. The largest absolute Gasteiger partial charge is 0.492 e. The number of aliphatic imine (C=N–C) groups is 1. The molecule has 8 heteroatoms.